The molecule has 146 valence electrons. The first-order valence-corrected chi connectivity index (χ1v) is 9.92. The molecular weight excluding hydrogens is 360 g/mol. The summed E-state index contributed by atoms with van der Waals surface area (Å²) < 4.78 is 34.7. The molecule has 26 heavy (non-hydrogen) atoms. The summed E-state index contributed by atoms with van der Waals surface area (Å²) in [7, 11) is -3.61. The van der Waals surface area contributed by atoms with Gasteiger partial charge in [-0.05, 0) is 58.9 Å². The van der Waals surface area contributed by atoms with Gasteiger partial charge in [0.25, 0.3) is 11.8 Å². The van der Waals surface area contributed by atoms with Crippen molar-refractivity contribution in [3.05, 3.63) is 24.3 Å². The summed E-state index contributed by atoms with van der Waals surface area (Å²) in [5.74, 6) is -0.274. The van der Waals surface area contributed by atoms with E-state index in [0.29, 0.717) is 18.1 Å². The highest BCUT2D eigenvalue weighted by Gasteiger charge is 2.31. The standard InChI is InChI=1S/C17H26N2O6S/c1-6-24-14-7-9-15(10-8-14)25-12(4)16(20)18-19-17(21)13(5)26(22,23)11(2)3/h7-13H,6H2,1-5H3,(H,18,20)(H,19,21). The molecule has 0 aliphatic rings. The fraction of sp³-hybridized carbons (Fsp3) is 0.529. The van der Waals surface area contributed by atoms with Crippen LogP contribution in [0.2, 0.25) is 0 Å². The molecule has 2 amide bonds. The number of sulfone groups is 1. The second kappa shape index (κ2) is 9.42. The zero-order chi connectivity index (χ0) is 19.9. The van der Waals surface area contributed by atoms with Crippen LogP contribution in [0.15, 0.2) is 24.3 Å². The highest BCUT2D eigenvalue weighted by molar-refractivity contribution is 7.93. The number of amides is 2. The van der Waals surface area contributed by atoms with E-state index in [9.17, 15) is 18.0 Å². The molecule has 2 unspecified atom stereocenters. The van der Waals surface area contributed by atoms with Crippen molar-refractivity contribution in [1.82, 2.24) is 10.9 Å². The van der Waals surface area contributed by atoms with Crippen LogP contribution < -0.4 is 20.3 Å². The van der Waals surface area contributed by atoms with E-state index in [4.69, 9.17) is 9.47 Å². The van der Waals surface area contributed by atoms with Crippen LogP contribution in [0.25, 0.3) is 0 Å². The highest BCUT2D eigenvalue weighted by Crippen LogP contribution is 2.18. The zero-order valence-electron chi connectivity index (χ0n) is 15.6. The van der Waals surface area contributed by atoms with Crippen LogP contribution in [0.1, 0.15) is 34.6 Å². The summed E-state index contributed by atoms with van der Waals surface area (Å²) in [4.78, 5) is 23.9. The third-order valence-corrected chi connectivity index (χ3v) is 6.16. The fourth-order valence-corrected chi connectivity index (χ4v) is 3.10. The molecule has 8 nitrogen and oxygen atoms in total. The van der Waals surface area contributed by atoms with Gasteiger partial charge in [0.05, 0.1) is 11.9 Å². The Bertz CT molecular complexity index is 715. The van der Waals surface area contributed by atoms with Gasteiger partial charge < -0.3 is 9.47 Å². The smallest absolute Gasteiger partial charge is 0.279 e. The Morgan fingerprint density at radius 1 is 0.962 bits per heavy atom. The summed E-state index contributed by atoms with van der Waals surface area (Å²) in [6.45, 7) is 8.18. The molecule has 0 aromatic heterocycles. The van der Waals surface area contributed by atoms with Gasteiger partial charge in [-0.3, -0.25) is 20.4 Å². The number of hydrazine groups is 1. The van der Waals surface area contributed by atoms with Gasteiger partial charge >= 0.3 is 0 Å². The number of carbonyl (C=O) groups excluding carboxylic acids is 2. The Labute approximate surface area is 154 Å². The van der Waals surface area contributed by atoms with Gasteiger partial charge in [0.2, 0.25) is 0 Å². The lowest BCUT2D eigenvalue weighted by Gasteiger charge is -2.18. The maximum absolute atomic E-state index is 12.0. The predicted octanol–water partition coefficient (Wildman–Crippen LogP) is 1.21. The number of hydrogen-bond acceptors (Lipinski definition) is 6. The Kier molecular flexibility index (Phi) is 7.88. The van der Waals surface area contributed by atoms with Crippen molar-refractivity contribution in [1.29, 1.82) is 0 Å². The van der Waals surface area contributed by atoms with Gasteiger partial charge in [-0.25, -0.2) is 8.42 Å². The predicted molar refractivity (Wildman–Crippen MR) is 97.5 cm³/mol. The van der Waals surface area contributed by atoms with Crippen LogP contribution in [0.4, 0.5) is 0 Å². The average Bonchev–Trinajstić information content (AvgIpc) is 2.60. The molecule has 2 N–H and O–H groups in total. The maximum Gasteiger partial charge on any atom is 0.279 e. The summed E-state index contributed by atoms with van der Waals surface area (Å²) in [6.07, 6.45) is -0.898. The van der Waals surface area contributed by atoms with E-state index in [2.05, 4.69) is 10.9 Å². The van der Waals surface area contributed by atoms with Crippen molar-refractivity contribution < 1.29 is 27.5 Å². The van der Waals surface area contributed by atoms with Crippen molar-refractivity contribution in [3.8, 4) is 11.5 Å². The Hall–Kier alpha value is -2.29. The zero-order valence-corrected chi connectivity index (χ0v) is 16.4. The van der Waals surface area contributed by atoms with E-state index >= 15 is 0 Å². The van der Waals surface area contributed by atoms with Crippen molar-refractivity contribution >= 4 is 21.7 Å². The second-order valence-corrected chi connectivity index (χ2v) is 8.75. The number of carbonyl (C=O) groups is 2. The quantitative estimate of drug-likeness (QED) is 0.650. The van der Waals surface area contributed by atoms with Crippen molar-refractivity contribution in [2.45, 2.75) is 51.2 Å². The minimum Gasteiger partial charge on any atom is -0.494 e. The van der Waals surface area contributed by atoms with Crippen molar-refractivity contribution in [2.75, 3.05) is 6.61 Å². The van der Waals surface area contributed by atoms with E-state index in [0.717, 1.165) is 0 Å². The summed E-state index contributed by atoms with van der Waals surface area (Å²) >= 11 is 0. The number of hydrogen-bond donors (Lipinski definition) is 2. The largest absolute Gasteiger partial charge is 0.494 e. The number of benzene rings is 1. The van der Waals surface area contributed by atoms with E-state index in [1.165, 1.54) is 27.7 Å². The minimum atomic E-state index is -3.61. The van der Waals surface area contributed by atoms with Crippen LogP contribution in [0.3, 0.4) is 0 Å². The molecule has 9 heteroatoms. The molecule has 2 atom stereocenters. The van der Waals surface area contributed by atoms with E-state index < -0.39 is 38.3 Å². The lowest BCUT2D eigenvalue weighted by molar-refractivity contribution is -0.132. The molecule has 0 radical (unpaired) electrons. The lowest BCUT2D eigenvalue weighted by atomic mass is 10.3. The van der Waals surface area contributed by atoms with Crippen LogP contribution in [0.5, 0.6) is 11.5 Å². The van der Waals surface area contributed by atoms with Crippen LogP contribution in [0, 0.1) is 0 Å². The first-order chi connectivity index (χ1) is 12.1. The molecule has 0 fully saturated rings. The fourth-order valence-electron chi connectivity index (χ4n) is 1.92. The van der Waals surface area contributed by atoms with E-state index in [-0.39, 0.29) is 0 Å². The molecule has 0 saturated heterocycles. The Balaban J connectivity index is 2.55. The Morgan fingerprint density at radius 3 is 1.96 bits per heavy atom. The molecule has 0 spiro atoms. The normalized spacial score (nSPS) is 13.6. The van der Waals surface area contributed by atoms with E-state index in [1.54, 1.807) is 24.3 Å². The van der Waals surface area contributed by atoms with Crippen molar-refractivity contribution in [2.24, 2.45) is 0 Å². The van der Waals surface area contributed by atoms with Gasteiger partial charge in [0.15, 0.2) is 15.9 Å². The Morgan fingerprint density at radius 2 is 1.46 bits per heavy atom. The number of rotatable bonds is 8. The SMILES string of the molecule is CCOc1ccc(OC(C)C(=O)NNC(=O)C(C)S(=O)(=O)C(C)C)cc1. The van der Waals surface area contributed by atoms with Gasteiger partial charge in [0.1, 0.15) is 16.7 Å². The van der Waals surface area contributed by atoms with E-state index in [1.807, 2.05) is 6.92 Å². The van der Waals surface area contributed by atoms with Crippen LogP contribution in [-0.2, 0) is 19.4 Å². The summed E-state index contributed by atoms with van der Waals surface area (Å²) in [5, 5.41) is -1.97. The number of ether oxygens (including phenoxy) is 2. The monoisotopic (exact) mass is 386 g/mol. The molecule has 0 aliphatic carbocycles. The van der Waals surface area contributed by atoms with Gasteiger partial charge in [-0.1, -0.05) is 0 Å². The number of nitrogens with one attached hydrogen (secondary N) is 2. The lowest BCUT2D eigenvalue weighted by Crippen LogP contribution is -2.51. The topological polar surface area (TPSA) is 111 Å². The first kappa shape index (κ1) is 21.8. The average molecular weight is 386 g/mol. The van der Waals surface area contributed by atoms with Crippen LogP contribution >= 0.6 is 0 Å². The summed E-state index contributed by atoms with van der Waals surface area (Å²) in [5.41, 5.74) is 4.29. The van der Waals surface area contributed by atoms with Crippen LogP contribution in [-0.4, -0.2) is 43.4 Å². The summed E-state index contributed by atoms with van der Waals surface area (Å²) in [6, 6.07) is 6.74. The molecule has 0 saturated carbocycles. The minimum absolute atomic E-state index is 0.457. The molecule has 0 aliphatic heterocycles. The highest BCUT2D eigenvalue weighted by atomic mass is 32.2. The third kappa shape index (κ3) is 5.91. The third-order valence-electron chi connectivity index (χ3n) is 3.64. The van der Waals surface area contributed by atoms with Gasteiger partial charge in [-0.2, -0.15) is 0 Å². The molecular formula is C17H26N2O6S. The molecule has 1 aromatic carbocycles. The molecule has 1 aromatic rings. The molecule has 0 bridgehead atoms. The van der Waals surface area contributed by atoms with Gasteiger partial charge in [-0.15, -0.1) is 0 Å². The molecule has 1 rings (SSSR count). The first-order valence-electron chi connectivity index (χ1n) is 8.31. The maximum atomic E-state index is 12.0. The van der Waals surface area contributed by atoms with Gasteiger partial charge in [0, 0.05) is 0 Å². The van der Waals surface area contributed by atoms with Crippen molar-refractivity contribution in [3.63, 3.8) is 0 Å². The molecule has 0 heterocycles. The second-order valence-electron chi connectivity index (χ2n) is 5.92.